The van der Waals surface area contributed by atoms with Crippen molar-refractivity contribution < 1.29 is 19.1 Å². The van der Waals surface area contributed by atoms with Gasteiger partial charge in [0.2, 0.25) is 0 Å². The number of benzene rings is 1. The van der Waals surface area contributed by atoms with Gasteiger partial charge in [-0.2, -0.15) is 5.10 Å². The Balaban J connectivity index is 1.75. The monoisotopic (exact) mass is 357 g/mol. The molecule has 26 heavy (non-hydrogen) atoms. The van der Waals surface area contributed by atoms with Crippen molar-refractivity contribution >= 4 is 11.9 Å². The maximum absolute atomic E-state index is 12.7. The minimum absolute atomic E-state index is 0.328. The highest BCUT2D eigenvalue weighted by Crippen LogP contribution is 2.39. The summed E-state index contributed by atoms with van der Waals surface area (Å²) in [6.45, 7) is 2.31. The molecule has 7 nitrogen and oxygen atoms in total. The van der Waals surface area contributed by atoms with Gasteiger partial charge in [-0.1, -0.05) is 18.2 Å². The van der Waals surface area contributed by atoms with E-state index in [0.29, 0.717) is 24.8 Å². The van der Waals surface area contributed by atoms with E-state index in [9.17, 15) is 9.59 Å². The average Bonchev–Trinajstić information content (AvgIpc) is 3.40. The highest BCUT2D eigenvalue weighted by atomic mass is 16.5. The Kier molecular flexibility index (Phi) is 5.68. The van der Waals surface area contributed by atoms with E-state index in [-0.39, 0.29) is 5.91 Å². The van der Waals surface area contributed by atoms with Crippen LogP contribution in [0.5, 0.6) is 0 Å². The molecule has 1 aliphatic rings. The van der Waals surface area contributed by atoms with Crippen molar-refractivity contribution in [3.63, 3.8) is 0 Å². The predicted molar refractivity (Wildman–Crippen MR) is 95.3 cm³/mol. The quantitative estimate of drug-likeness (QED) is 0.578. The van der Waals surface area contributed by atoms with Gasteiger partial charge in [0, 0.05) is 19.6 Å². The number of para-hydroxylation sites is 1. The summed E-state index contributed by atoms with van der Waals surface area (Å²) in [4.78, 5) is 24.6. The van der Waals surface area contributed by atoms with Crippen LogP contribution in [0.4, 0.5) is 0 Å². The van der Waals surface area contributed by atoms with Gasteiger partial charge < -0.3 is 14.8 Å². The summed E-state index contributed by atoms with van der Waals surface area (Å²) < 4.78 is 11.8. The standard InChI is InChI=1S/C19H23N3O4/c1-13(18(23)20-10-11-25-2)26-19(24)17-12-16(14-8-9-14)21-22(17)15-6-4-3-5-7-15/h3-7,12-14H,8-11H2,1-2H3,(H,20,23)/t13-/m1/s1. The van der Waals surface area contributed by atoms with Crippen molar-refractivity contribution in [3.05, 3.63) is 47.8 Å². The number of aromatic nitrogens is 2. The van der Waals surface area contributed by atoms with Crippen LogP contribution >= 0.6 is 0 Å². The van der Waals surface area contributed by atoms with Crippen LogP contribution in [0.2, 0.25) is 0 Å². The van der Waals surface area contributed by atoms with Crippen LogP contribution in [0.3, 0.4) is 0 Å². The van der Waals surface area contributed by atoms with Crippen LogP contribution in [0, 0.1) is 0 Å². The molecule has 1 fully saturated rings. The number of ether oxygens (including phenoxy) is 2. The molecule has 0 aliphatic heterocycles. The number of esters is 1. The van der Waals surface area contributed by atoms with E-state index in [4.69, 9.17) is 9.47 Å². The number of hydrogen-bond acceptors (Lipinski definition) is 5. The van der Waals surface area contributed by atoms with E-state index < -0.39 is 12.1 Å². The van der Waals surface area contributed by atoms with Gasteiger partial charge in [-0.3, -0.25) is 4.79 Å². The highest BCUT2D eigenvalue weighted by molar-refractivity contribution is 5.91. The Morgan fingerprint density at radius 3 is 2.69 bits per heavy atom. The van der Waals surface area contributed by atoms with E-state index in [0.717, 1.165) is 24.2 Å². The van der Waals surface area contributed by atoms with E-state index in [1.807, 2.05) is 30.3 Å². The number of rotatable bonds is 8. The Morgan fingerprint density at radius 1 is 1.31 bits per heavy atom. The third-order valence-electron chi connectivity index (χ3n) is 4.19. The zero-order valence-electron chi connectivity index (χ0n) is 15.0. The molecule has 138 valence electrons. The Labute approximate surface area is 152 Å². The lowest BCUT2D eigenvalue weighted by atomic mass is 10.2. The molecule has 1 heterocycles. The van der Waals surface area contributed by atoms with E-state index in [1.165, 1.54) is 0 Å². The first-order valence-corrected chi connectivity index (χ1v) is 8.73. The summed E-state index contributed by atoms with van der Waals surface area (Å²) in [6.07, 6.45) is 1.26. The van der Waals surface area contributed by atoms with Gasteiger partial charge in [0.1, 0.15) is 0 Å². The molecule has 1 aromatic carbocycles. The predicted octanol–water partition coefficient (Wildman–Crippen LogP) is 2.06. The summed E-state index contributed by atoms with van der Waals surface area (Å²) in [5.41, 5.74) is 2.00. The van der Waals surface area contributed by atoms with Crippen molar-refractivity contribution in [2.75, 3.05) is 20.3 Å². The third-order valence-corrected chi connectivity index (χ3v) is 4.19. The van der Waals surface area contributed by atoms with E-state index >= 15 is 0 Å². The van der Waals surface area contributed by atoms with Crippen LogP contribution in [0.15, 0.2) is 36.4 Å². The molecule has 1 aromatic heterocycles. The normalized spacial score (nSPS) is 14.7. The lowest BCUT2D eigenvalue weighted by Gasteiger charge is -2.14. The number of methoxy groups -OCH3 is 1. The Bertz CT molecular complexity index is 768. The van der Waals surface area contributed by atoms with Gasteiger partial charge >= 0.3 is 5.97 Å². The first-order valence-electron chi connectivity index (χ1n) is 8.73. The molecule has 1 aliphatic carbocycles. The smallest absolute Gasteiger partial charge is 0.357 e. The van der Waals surface area contributed by atoms with Crippen LogP contribution in [0.1, 0.15) is 41.9 Å². The van der Waals surface area contributed by atoms with Gasteiger partial charge in [0.05, 0.1) is 18.0 Å². The molecule has 0 spiro atoms. The van der Waals surface area contributed by atoms with Gasteiger partial charge in [0.15, 0.2) is 11.8 Å². The third kappa shape index (κ3) is 4.29. The highest BCUT2D eigenvalue weighted by Gasteiger charge is 2.30. The second-order valence-electron chi connectivity index (χ2n) is 6.31. The zero-order chi connectivity index (χ0) is 18.5. The lowest BCUT2D eigenvalue weighted by molar-refractivity contribution is -0.129. The fourth-order valence-corrected chi connectivity index (χ4v) is 2.58. The summed E-state index contributed by atoms with van der Waals surface area (Å²) in [5, 5.41) is 7.23. The molecule has 0 bridgehead atoms. The number of amides is 1. The maximum atomic E-state index is 12.7. The lowest BCUT2D eigenvalue weighted by Crippen LogP contribution is -2.37. The number of nitrogens with zero attached hydrogens (tertiary/aromatic N) is 2. The molecule has 1 amide bonds. The van der Waals surface area contributed by atoms with Crippen LogP contribution in [-0.4, -0.2) is 48.0 Å². The molecule has 1 N–H and O–H groups in total. The largest absolute Gasteiger partial charge is 0.448 e. The molecular formula is C19H23N3O4. The minimum atomic E-state index is -0.900. The number of nitrogens with one attached hydrogen (secondary N) is 1. The van der Waals surface area contributed by atoms with Crippen LogP contribution < -0.4 is 5.32 Å². The molecule has 0 unspecified atom stereocenters. The number of carbonyl (C=O) groups is 2. The van der Waals surface area contributed by atoms with Crippen LogP contribution in [0.25, 0.3) is 5.69 Å². The van der Waals surface area contributed by atoms with Crippen molar-refractivity contribution in [1.82, 2.24) is 15.1 Å². The summed E-state index contributed by atoms with van der Waals surface area (Å²) in [6, 6.07) is 11.2. The maximum Gasteiger partial charge on any atom is 0.357 e. The van der Waals surface area contributed by atoms with Crippen molar-refractivity contribution in [2.45, 2.75) is 31.8 Å². The van der Waals surface area contributed by atoms with Crippen molar-refractivity contribution in [1.29, 1.82) is 0 Å². The topological polar surface area (TPSA) is 82.4 Å². The molecule has 0 saturated heterocycles. The van der Waals surface area contributed by atoms with Gasteiger partial charge in [-0.15, -0.1) is 0 Å². The second kappa shape index (κ2) is 8.14. The van der Waals surface area contributed by atoms with Crippen LogP contribution in [-0.2, 0) is 14.3 Å². The second-order valence-corrected chi connectivity index (χ2v) is 6.31. The van der Waals surface area contributed by atoms with Gasteiger partial charge in [-0.25, -0.2) is 9.48 Å². The van der Waals surface area contributed by atoms with E-state index in [1.54, 1.807) is 24.8 Å². The fraction of sp³-hybridized carbons (Fsp3) is 0.421. The number of carbonyl (C=O) groups excluding carboxylic acids is 2. The number of hydrogen-bond donors (Lipinski definition) is 1. The summed E-state index contributed by atoms with van der Waals surface area (Å²) >= 11 is 0. The molecule has 1 saturated carbocycles. The molecule has 0 radical (unpaired) electrons. The average molecular weight is 357 g/mol. The summed E-state index contributed by atoms with van der Waals surface area (Å²) in [7, 11) is 1.55. The molecule has 7 heteroatoms. The molecule has 1 atom stereocenters. The van der Waals surface area contributed by atoms with Crippen molar-refractivity contribution in [3.8, 4) is 5.69 Å². The van der Waals surface area contributed by atoms with Gasteiger partial charge in [0.25, 0.3) is 5.91 Å². The SMILES string of the molecule is COCCNC(=O)[C@@H](C)OC(=O)c1cc(C2CC2)nn1-c1ccccc1. The van der Waals surface area contributed by atoms with Gasteiger partial charge in [-0.05, 0) is 38.0 Å². The first-order chi connectivity index (χ1) is 12.6. The fourth-order valence-electron chi connectivity index (χ4n) is 2.58. The first kappa shape index (κ1) is 18.1. The molecular weight excluding hydrogens is 334 g/mol. The zero-order valence-corrected chi connectivity index (χ0v) is 15.0. The minimum Gasteiger partial charge on any atom is -0.448 e. The molecule has 2 aromatic rings. The molecule has 3 rings (SSSR count). The van der Waals surface area contributed by atoms with Crippen molar-refractivity contribution in [2.24, 2.45) is 0 Å². The van der Waals surface area contributed by atoms with E-state index in [2.05, 4.69) is 10.4 Å². The Hall–Kier alpha value is -2.67. The summed E-state index contributed by atoms with van der Waals surface area (Å²) in [5.74, 6) is -0.521. The Morgan fingerprint density at radius 2 is 2.04 bits per heavy atom.